The van der Waals surface area contributed by atoms with Crippen molar-refractivity contribution < 1.29 is 4.42 Å². The van der Waals surface area contributed by atoms with Crippen LogP contribution in [-0.4, -0.2) is 0 Å². The topological polar surface area (TPSA) is 39.2 Å². The summed E-state index contributed by atoms with van der Waals surface area (Å²) in [5.41, 5.74) is 8.76. The van der Waals surface area contributed by atoms with Gasteiger partial charge in [-0.15, -0.1) is 0 Å². The molecular formula is C12H19NO. The Morgan fingerprint density at radius 2 is 1.86 bits per heavy atom. The molecule has 1 aromatic heterocycles. The van der Waals surface area contributed by atoms with Gasteiger partial charge in [-0.3, -0.25) is 0 Å². The van der Waals surface area contributed by atoms with Crippen molar-refractivity contribution in [3.8, 4) is 0 Å². The van der Waals surface area contributed by atoms with Crippen LogP contribution in [0.1, 0.15) is 48.0 Å². The van der Waals surface area contributed by atoms with Crippen LogP contribution < -0.4 is 5.73 Å². The minimum Gasteiger partial charge on any atom is -0.466 e. The number of aryl methyl sites for hydroxylation is 2. The Hall–Kier alpha value is -0.760. The fourth-order valence-corrected chi connectivity index (χ4v) is 2.33. The second kappa shape index (κ2) is 3.43. The van der Waals surface area contributed by atoms with E-state index in [4.69, 9.17) is 10.2 Å². The van der Waals surface area contributed by atoms with E-state index < -0.39 is 0 Å². The van der Waals surface area contributed by atoms with Gasteiger partial charge in [0.1, 0.15) is 11.5 Å². The Bertz CT molecular complexity index is 336. The normalized spacial score (nSPS) is 19.4. The van der Waals surface area contributed by atoms with Crippen molar-refractivity contribution >= 4 is 0 Å². The van der Waals surface area contributed by atoms with Gasteiger partial charge >= 0.3 is 0 Å². The molecule has 1 atom stereocenters. The lowest BCUT2D eigenvalue weighted by Gasteiger charge is -2.31. The molecule has 2 heteroatoms. The van der Waals surface area contributed by atoms with Crippen molar-refractivity contribution in [1.82, 2.24) is 0 Å². The summed E-state index contributed by atoms with van der Waals surface area (Å²) in [4.78, 5) is 0. The average molecular weight is 193 g/mol. The highest BCUT2D eigenvalue weighted by molar-refractivity contribution is 5.34. The molecule has 0 amide bonds. The standard InChI is InChI=1S/C12H19NO/c1-7-8(2)14-9(3)11(7)12(13)10-5-4-6-10/h10,12H,4-6,13H2,1-3H3. The molecule has 78 valence electrons. The summed E-state index contributed by atoms with van der Waals surface area (Å²) in [5, 5.41) is 0. The van der Waals surface area contributed by atoms with Gasteiger partial charge < -0.3 is 10.2 Å². The molecule has 0 spiro atoms. The first kappa shape index (κ1) is 9.78. The van der Waals surface area contributed by atoms with E-state index >= 15 is 0 Å². The summed E-state index contributed by atoms with van der Waals surface area (Å²) in [6, 6.07) is 0.196. The molecule has 1 heterocycles. The molecule has 2 N–H and O–H groups in total. The van der Waals surface area contributed by atoms with Gasteiger partial charge in [0.15, 0.2) is 0 Å². The molecule has 1 aromatic rings. The third kappa shape index (κ3) is 1.38. The summed E-state index contributed by atoms with van der Waals surface area (Å²) in [7, 11) is 0. The largest absolute Gasteiger partial charge is 0.466 e. The molecule has 0 aromatic carbocycles. The Kier molecular flexibility index (Phi) is 2.40. The van der Waals surface area contributed by atoms with Crippen LogP contribution in [0.5, 0.6) is 0 Å². The van der Waals surface area contributed by atoms with Crippen molar-refractivity contribution in [3.63, 3.8) is 0 Å². The van der Waals surface area contributed by atoms with Gasteiger partial charge in [0, 0.05) is 11.6 Å². The molecule has 2 nitrogen and oxygen atoms in total. The van der Waals surface area contributed by atoms with Gasteiger partial charge in [-0.2, -0.15) is 0 Å². The maximum Gasteiger partial charge on any atom is 0.106 e. The molecule has 1 unspecified atom stereocenters. The van der Waals surface area contributed by atoms with E-state index in [1.54, 1.807) is 0 Å². The molecule has 0 saturated heterocycles. The van der Waals surface area contributed by atoms with E-state index in [0.29, 0.717) is 5.92 Å². The van der Waals surface area contributed by atoms with Crippen molar-refractivity contribution in [2.24, 2.45) is 11.7 Å². The quantitative estimate of drug-likeness (QED) is 0.784. The first-order chi connectivity index (χ1) is 6.61. The number of hydrogen-bond donors (Lipinski definition) is 1. The Balaban J connectivity index is 2.29. The van der Waals surface area contributed by atoms with Gasteiger partial charge in [0.25, 0.3) is 0 Å². The summed E-state index contributed by atoms with van der Waals surface area (Å²) in [5.74, 6) is 2.72. The smallest absolute Gasteiger partial charge is 0.106 e. The van der Waals surface area contributed by atoms with E-state index in [1.807, 2.05) is 13.8 Å². The van der Waals surface area contributed by atoms with Crippen molar-refractivity contribution in [1.29, 1.82) is 0 Å². The maximum absolute atomic E-state index is 6.26. The van der Waals surface area contributed by atoms with E-state index in [9.17, 15) is 0 Å². The van der Waals surface area contributed by atoms with Crippen LogP contribution in [0.3, 0.4) is 0 Å². The lowest BCUT2D eigenvalue weighted by atomic mass is 9.77. The highest BCUT2D eigenvalue weighted by Gasteiger charge is 2.29. The molecule has 1 aliphatic carbocycles. The number of nitrogens with two attached hydrogens (primary N) is 1. The lowest BCUT2D eigenvalue weighted by molar-refractivity contribution is 0.262. The zero-order valence-corrected chi connectivity index (χ0v) is 9.26. The van der Waals surface area contributed by atoms with Crippen LogP contribution in [0.2, 0.25) is 0 Å². The predicted octanol–water partition coefficient (Wildman–Crippen LogP) is 3.00. The first-order valence-electron chi connectivity index (χ1n) is 5.43. The van der Waals surface area contributed by atoms with E-state index in [0.717, 1.165) is 11.5 Å². The van der Waals surface area contributed by atoms with Gasteiger partial charge in [-0.05, 0) is 45.1 Å². The van der Waals surface area contributed by atoms with Crippen LogP contribution in [0.25, 0.3) is 0 Å². The summed E-state index contributed by atoms with van der Waals surface area (Å²) in [6.07, 6.45) is 3.90. The molecular weight excluding hydrogens is 174 g/mol. The fraction of sp³-hybridized carbons (Fsp3) is 0.667. The molecule has 1 fully saturated rings. The number of rotatable bonds is 2. The highest BCUT2D eigenvalue weighted by Crippen LogP contribution is 2.39. The Morgan fingerprint density at radius 3 is 2.21 bits per heavy atom. The Labute approximate surface area is 85.5 Å². The monoisotopic (exact) mass is 193 g/mol. The summed E-state index contributed by atoms with van der Waals surface area (Å²) < 4.78 is 5.61. The maximum atomic E-state index is 6.26. The van der Waals surface area contributed by atoms with Gasteiger partial charge in [-0.25, -0.2) is 0 Å². The summed E-state index contributed by atoms with van der Waals surface area (Å²) in [6.45, 7) is 6.15. The van der Waals surface area contributed by atoms with Crippen LogP contribution in [-0.2, 0) is 0 Å². The van der Waals surface area contributed by atoms with Gasteiger partial charge in [0.2, 0.25) is 0 Å². The van der Waals surface area contributed by atoms with E-state index in [2.05, 4.69) is 6.92 Å². The minimum atomic E-state index is 0.196. The van der Waals surface area contributed by atoms with E-state index in [1.165, 1.54) is 30.4 Å². The molecule has 2 rings (SSSR count). The number of furan rings is 1. The predicted molar refractivity (Wildman–Crippen MR) is 57.2 cm³/mol. The second-order valence-corrected chi connectivity index (χ2v) is 4.47. The molecule has 1 saturated carbocycles. The molecule has 14 heavy (non-hydrogen) atoms. The fourth-order valence-electron chi connectivity index (χ4n) is 2.33. The Morgan fingerprint density at radius 1 is 1.21 bits per heavy atom. The van der Waals surface area contributed by atoms with Gasteiger partial charge in [-0.1, -0.05) is 6.42 Å². The molecule has 1 aliphatic rings. The molecule has 0 bridgehead atoms. The zero-order chi connectivity index (χ0) is 10.3. The molecule has 0 radical (unpaired) electrons. The van der Waals surface area contributed by atoms with E-state index in [-0.39, 0.29) is 6.04 Å². The SMILES string of the molecule is Cc1oc(C)c(C(N)C2CCC2)c1C. The second-order valence-electron chi connectivity index (χ2n) is 4.47. The molecule has 0 aliphatic heterocycles. The highest BCUT2D eigenvalue weighted by atomic mass is 16.3. The van der Waals surface area contributed by atoms with Crippen LogP contribution in [0, 0.1) is 26.7 Å². The lowest BCUT2D eigenvalue weighted by Crippen LogP contribution is -2.27. The van der Waals surface area contributed by atoms with Gasteiger partial charge in [0.05, 0.1) is 0 Å². The third-order valence-electron chi connectivity index (χ3n) is 3.61. The van der Waals surface area contributed by atoms with Crippen molar-refractivity contribution in [2.45, 2.75) is 46.1 Å². The summed E-state index contributed by atoms with van der Waals surface area (Å²) >= 11 is 0. The van der Waals surface area contributed by atoms with Crippen LogP contribution in [0.4, 0.5) is 0 Å². The zero-order valence-electron chi connectivity index (χ0n) is 9.26. The number of hydrogen-bond acceptors (Lipinski definition) is 2. The van der Waals surface area contributed by atoms with Crippen LogP contribution >= 0.6 is 0 Å². The minimum absolute atomic E-state index is 0.196. The van der Waals surface area contributed by atoms with Crippen molar-refractivity contribution in [3.05, 3.63) is 22.6 Å². The third-order valence-corrected chi connectivity index (χ3v) is 3.61. The van der Waals surface area contributed by atoms with Crippen molar-refractivity contribution in [2.75, 3.05) is 0 Å². The first-order valence-corrected chi connectivity index (χ1v) is 5.43. The average Bonchev–Trinajstić information content (AvgIpc) is 2.23. The van der Waals surface area contributed by atoms with Crippen LogP contribution in [0.15, 0.2) is 4.42 Å².